The number of rotatable bonds is 4. The highest BCUT2D eigenvalue weighted by molar-refractivity contribution is 9.10. The Balaban J connectivity index is 1.68. The van der Waals surface area contributed by atoms with E-state index >= 15 is 0 Å². The van der Waals surface area contributed by atoms with Crippen LogP contribution < -0.4 is 5.32 Å². The van der Waals surface area contributed by atoms with Crippen LogP contribution in [0.15, 0.2) is 59.3 Å². The lowest BCUT2D eigenvalue weighted by Gasteiger charge is -2.09. The number of hydrogen-bond donors (Lipinski definition) is 1. The molecule has 0 aliphatic rings. The van der Waals surface area contributed by atoms with E-state index < -0.39 is 0 Å². The first-order valence-electron chi connectivity index (χ1n) is 6.68. The van der Waals surface area contributed by atoms with E-state index in [9.17, 15) is 0 Å². The number of hydrogen-bond acceptors (Lipinski definition) is 3. The van der Waals surface area contributed by atoms with Gasteiger partial charge in [-0.2, -0.15) is 15.0 Å². The maximum absolute atomic E-state index is 4.11. The summed E-state index contributed by atoms with van der Waals surface area (Å²) in [5.41, 5.74) is 4.50. The van der Waals surface area contributed by atoms with E-state index in [2.05, 4.69) is 56.6 Å². The molecule has 0 atom stereocenters. The van der Waals surface area contributed by atoms with Crippen LogP contribution in [0.3, 0.4) is 0 Å². The number of aryl methyl sites for hydroxylation is 1. The Hall–Kier alpha value is -2.14. The zero-order valence-electron chi connectivity index (χ0n) is 11.6. The maximum Gasteiger partial charge on any atom is 0.0858 e. The maximum atomic E-state index is 4.11. The molecule has 0 bridgehead atoms. The minimum Gasteiger partial charge on any atom is -0.381 e. The van der Waals surface area contributed by atoms with Crippen molar-refractivity contribution in [1.82, 2.24) is 15.0 Å². The zero-order valence-corrected chi connectivity index (χ0v) is 13.2. The van der Waals surface area contributed by atoms with Crippen LogP contribution in [0.1, 0.15) is 11.1 Å². The van der Waals surface area contributed by atoms with E-state index in [4.69, 9.17) is 0 Å². The highest BCUT2D eigenvalue weighted by Crippen LogP contribution is 2.20. The van der Waals surface area contributed by atoms with Crippen molar-refractivity contribution in [3.63, 3.8) is 0 Å². The minimum absolute atomic E-state index is 0.778. The predicted octanol–water partition coefficient (Wildman–Crippen LogP) is 3.95. The van der Waals surface area contributed by atoms with Crippen LogP contribution in [0.4, 0.5) is 5.69 Å². The second-order valence-corrected chi connectivity index (χ2v) is 5.67. The van der Waals surface area contributed by atoms with Gasteiger partial charge in [-0.15, -0.1) is 0 Å². The molecule has 0 radical (unpaired) electrons. The fraction of sp³-hybridized carbons (Fsp3) is 0.125. The van der Waals surface area contributed by atoms with Gasteiger partial charge in [0.15, 0.2) is 0 Å². The van der Waals surface area contributed by atoms with E-state index in [1.165, 1.54) is 11.1 Å². The van der Waals surface area contributed by atoms with Gasteiger partial charge in [0.1, 0.15) is 0 Å². The molecule has 0 unspecified atom stereocenters. The molecule has 21 heavy (non-hydrogen) atoms. The summed E-state index contributed by atoms with van der Waals surface area (Å²) in [7, 11) is 0. The van der Waals surface area contributed by atoms with Gasteiger partial charge in [-0.05, 0) is 48.4 Å². The number of benzene rings is 2. The standard InChI is InChI=1S/C16H15BrN4/c1-12-2-3-13(16(17)10-12)11-18-14-4-6-15(7-5-14)21-19-8-9-20-21/h2-10,18H,11H2,1H3. The first kappa shape index (κ1) is 13.8. The summed E-state index contributed by atoms with van der Waals surface area (Å²) in [4.78, 5) is 1.60. The molecule has 0 aliphatic carbocycles. The lowest BCUT2D eigenvalue weighted by molar-refractivity contribution is 0.752. The van der Waals surface area contributed by atoms with Gasteiger partial charge in [0, 0.05) is 16.7 Å². The third-order valence-electron chi connectivity index (χ3n) is 3.21. The van der Waals surface area contributed by atoms with Crippen LogP contribution in [0.5, 0.6) is 0 Å². The highest BCUT2D eigenvalue weighted by atomic mass is 79.9. The number of anilines is 1. The third-order valence-corrected chi connectivity index (χ3v) is 3.95. The summed E-state index contributed by atoms with van der Waals surface area (Å²) < 4.78 is 1.13. The molecule has 1 heterocycles. The van der Waals surface area contributed by atoms with Gasteiger partial charge in [-0.1, -0.05) is 28.1 Å². The molecule has 1 N–H and O–H groups in total. The molecule has 106 valence electrons. The molecule has 1 aromatic heterocycles. The van der Waals surface area contributed by atoms with E-state index in [-0.39, 0.29) is 0 Å². The van der Waals surface area contributed by atoms with Crippen molar-refractivity contribution in [3.8, 4) is 5.69 Å². The van der Waals surface area contributed by atoms with E-state index in [1.807, 2.05) is 24.3 Å². The molecular weight excluding hydrogens is 328 g/mol. The van der Waals surface area contributed by atoms with Crippen LogP contribution in [0, 0.1) is 6.92 Å². The van der Waals surface area contributed by atoms with Crippen LogP contribution >= 0.6 is 15.9 Å². The molecular formula is C16H15BrN4. The van der Waals surface area contributed by atoms with Crippen LogP contribution in [0.2, 0.25) is 0 Å². The van der Waals surface area contributed by atoms with Crippen molar-refractivity contribution in [1.29, 1.82) is 0 Å². The Morgan fingerprint density at radius 1 is 1.05 bits per heavy atom. The quantitative estimate of drug-likeness (QED) is 0.780. The Morgan fingerprint density at radius 3 is 2.43 bits per heavy atom. The highest BCUT2D eigenvalue weighted by Gasteiger charge is 2.01. The van der Waals surface area contributed by atoms with E-state index in [0.717, 1.165) is 22.4 Å². The smallest absolute Gasteiger partial charge is 0.0858 e. The van der Waals surface area contributed by atoms with Crippen LogP contribution in [0.25, 0.3) is 5.69 Å². The Kier molecular flexibility index (Phi) is 4.01. The minimum atomic E-state index is 0.778. The zero-order chi connectivity index (χ0) is 14.7. The van der Waals surface area contributed by atoms with Crippen LogP contribution in [-0.4, -0.2) is 15.0 Å². The molecule has 2 aromatic carbocycles. The number of nitrogens with one attached hydrogen (secondary N) is 1. The lowest BCUT2D eigenvalue weighted by Crippen LogP contribution is -2.02. The molecule has 0 amide bonds. The second-order valence-electron chi connectivity index (χ2n) is 4.81. The molecule has 0 saturated heterocycles. The first-order chi connectivity index (χ1) is 10.2. The largest absolute Gasteiger partial charge is 0.381 e. The second kappa shape index (κ2) is 6.10. The molecule has 3 rings (SSSR count). The van der Waals surface area contributed by atoms with Crippen molar-refractivity contribution in [2.45, 2.75) is 13.5 Å². The van der Waals surface area contributed by atoms with Gasteiger partial charge in [-0.25, -0.2) is 0 Å². The molecule has 4 nitrogen and oxygen atoms in total. The fourth-order valence-corrected chi connectivity index (χ4v) is 2.69. The van der Waals surface area contributed by atoms with Crippen molar-refractivity contribution >= 4 is 21.6 Å². The molecule has 0 spiro atoms. The van der Waals surface area contributed by atoms with E-state index in [0.29, 0.717) is 0 Å². The van der Waals surface area contributed by atoms with Crippen molar-refractivity contribution in [2.24, 2.45) is 0 Å². The number of nitrogens with zero attached hydrogens (tertiary/aromatic N) is 3. The summed E-state index contributed by atoms with van der Waals surface area (Å²) in [6, 6.07) is 14.4. The number of halogens is 1. The molecule has 5 heteroatoms. The van der Waals surface area contributed by atoms with Gasteiger partial charge in [-0.3, -0.25) is 0 Å². The monoisotopic (exact) mass is 342 g/mol. The topological polar surface area (TPSA) is 42.7 Å². The normalized spacial score (nSPS) is 10.6. The average molecular weight is 343 g/mol. The van der Waals surface area contributed by atoms with Gasteiger partial charge >= 0.3 is 0 Å². The van der Waals surface area contributed by atoms with Crippen LogP contribution in [-0.2, 0) is 6.54 Å². The van der Waals surface area contributed by atoms with Crippen molar-refractivity contribution in [2.75, 3.05) is 5.32 Å². The van der Waals surface area contributed by atoms with Gasteiger partial charge in [0.05, 0.1) is 18.1 Å². The summed E-state index contributed by atoms with van der Waals surface area (Å²) in [5.74, 6) is 0. The third kappa shape index (κ3) is 3.31. The Morgan fingerprint density at radius 2 is 1.76 bits per heavy atom. The van der Waals surface area contributed by atoms with Gasteiger partial charge < -0.3 is 5.32 Å². The summed E-state index contributed by atoms with van der Waals surface area (Å²) >= 11 is 3.60. The Bertz CT molecular complexity index is 721. The van der Waals surface area contributed by atoms with Crippen molar-refractivity contribution in [3.05, 3.63) is 70.5 Å². The Labute approximate surface area is 131 Å². The predicted molar refractivity (Wildman–Crippen MR) is 87.6 cm³/mol. The molecule has 0 saturated carbocycles. The number of aromatic nitrogens is 3. The fourth-order valence-electron chi connectivity index (χ4n) is 2.05. The summed E-state index contributed by atoms with van der Waals surface area (Å²) in [5, 5.41) is 11.6. The lowest BCUT2D eigenvalue weighted by atomic mass is 10.1. The molecule has 0 aliphatic heterocycles. The summed E-state index contributed by atoms with van der Waals surface area (Å²) in [6.45, 7) is 2.87. The molecule has 0 fully saturated rings. The first-order valence-corrected chi connectivity index (χ1v) is 7.47. The summed E-state index contributed by atoms with van der Waals surface area (Å²) in [6.07, 6.45) is 3.34. The van der Waals surface area contributed by atoms with Crippen molar-refractivity contribution < 1.29 is 0 Å². The average Bonchev–Trinajstić information content (AvgIpc) is 3.01. The van der Waals surface area contributed by atoms with Gasteiger partial charge in [0.2, 0.25) is 0 Å². The van der Waals surface area contributed by atoms with E-state index in [1.54, 1.807) is 17.2 Å². The molecule has 3 aromatic rings. The SMILES string of the molecule is Cc1ccc(CNc2ccc(-n3nccn3)cc2)c(Br)c1. The van der Waals surface area contributed by atoms with Gasteiger partial charge in [0.25, 0.3) is 0 Å².